The lowest BCUT2D eigenvalue weighted by atomic mass is 9.85. The molecule has 0 radical (unpaired) electrons. The average molecular weight is 279 g/mol. The number of aliphatic carboxylic acids is 1. The van der Waals surface area contributed by atoms with Gasteiger partial charge in [0.15, 0.2) is 0 Å². The molecule has 4 heteroatoms. The summed E-state index contributed by atoms with van der Waals surface area (Å²) in [4.78, 5) is 25.4. The molecule has 1 amide bonds. The fraction of sp³-hybridized carbons (Fsp3) is 0.875. The molecule has 3 rings (SSSR count). The summed E-state index contributed by atoms with van der Waals surface area (Å²) in [6.45, 7) is 1.19. The molecule has 0 aromatic heterocycles. The fourth-order valence-electron chi connectivity index (χ4n) is 4.20. The van der Waals surface area contributed by atoms with Crippen LogP contribution in [0.1, 0.15) is 51.4 Å². The zero-order valence-electron chi connectivity index (χ0n) is 12.1. The van der Waals surface area contributed by atoms with Gasteiger partial charge in [-0.15, -0.1) is 0 Å². The Kier molecular flexibility index (Phi) is 3.99. The number of likely N-dealkylation sites (tertiary alicyclic amines) is 1. The Labute approximate surface area is 120 Å². The second-order valence-corrected chi connectivity index (χ2v) is 6.87. The number of rotatable bonds is 3. The van der Waals surface area contributed by atoms with E-state index in [0.717, 1.165) is 31.7 Å². The smallest absolute Gasteiger partial charge is 0.308 e. The van der Waals surface area contributed by atoms with E-state index in [-0.39, 0.29) is 17.7 Å². The Hall–Kier alpha value is -1.06. The van der Waals surface area contributed by atoms with Crippen molar-refractivity contribution in [1.82, 2.24) is 4.90 Å². The van der Waals surface area contributed by atoms with Crippen LogP contribution in [0.5, 0.6) is 0 Å². The summed E-state index contributed by atoms with van der Waals surface area (Å²) in [5.41, 5.74) is 0. The van der Waals surface area contributed by atoms with Crippen molar-refractivity contribution in [2.75, 3.05) is 13.1 Å². The summed E-state index contributed by atoms with van der Waals surface area (Å²) in [5, 5.41) is 9.11. The van der Waals surface area contributed by atoms with Crippen LogP contribution in [0.15, 0.2) is 0 Å². The molecule has 0 bridgehead atoms. The van der Waals surface area contributed by atoms with Crippen LogP contribution in [0, 0.1) is 23.7 Å². The number of nitrogens with zero attached hydrogens (tertiary/aromatic N) is 1. The number of carbonyl (C=O) groups is 2. The number of carbonyl (C=O) groups excluding carboxylic acids is 1. The topological polar surface area (TPSA) is 57.6 Å². The van der Waals surface area contributed by atoms with Crippen molar-refractivity contribution in [3.63, 3.8) is 0 Å². The lowest BCUT2D eigenvalue weighted by Crippen LogP contribution is -2.43. The predicted octanol–water partition coefficient (Wildman–Crippen LogP) is 2.53. The van der Waals surface area contributed by atoms with Crippen molar-refractivity contribution >= 4 is 11.9 Å². The molecule has 0 aromatic rings. The van der Waals surface area contributed by atoms with Gasteiger partial charge in [0.2, 0.25) is 5.91 Å². The van der Waals surface area contributed by atoms with E-state index in [1.807, 2.05) is 4.90 Å². The molecule has 20 heavy (non-hydrogen) atoms. The van der Waals surface area contributed by atoms with Crippen molar-refractivity contribution < 1.29 is 14.7 Å². The summed E-state index contributed by atoms with van der Waals surface area (Å²) in [6, 6.07) is 0. The Balaban J connectivity index is 1.53. The Bertz CT molecular complexity index is 389. The third kappa shape index (κ3) is 2.84. The third-order valence-electron chi connectivity index (χ3n) is 5.49. The van der Waals surface area contributed by atoms with Gasteiger partial charge in [0.25, 0.3) is 0 Å². The molecule has 1 aliphatic heterocycles. The van der Waals surface area contributed by atoms with Gasteiger partial charge in [-0.1, -0.05) is 32.1 Å². The van der Waals surface area contributed by atoms with Crippen LogP contribution in [0.25, 0.3) is 0 Å². The van der Waals surface area contributed by atoms with E-state index in [4.69, 9.17) is 5.11 Å². The van der Waals surface area contributed by atoms with E-state index in [0.29, 0.717) is 12.5 Å². The standard InChI is InChI=1S/C16H25NO3/c18-15(17-8-4-7-12(10-17)16(19)20)14-9-13(14)11-5-2-1-3-6-11/h11-14H,1-10H2,(H,19,20)/t12-,13?,14?/m0/s1. The molecule has 1 N–H and O–H groups in total. The minimum absolute atomic E-state index is 0.214. The van der Waals surface area contributed by atoms with Gasteiger partial charge >= 0.3 is 5.97 Å². The number of carboxylic acid groups (broad SMARTS) is 1. The Morgan fingerprint density at radius 3 is 2.45 bits per heavy atom. The summed E-state index contributed by atoms with van der Waals surface area (Å²) < 4.78 is 0. The maximum absolute atomic E-state index is 12.5. The van der Waals surface area contributed by atoms with Crippen molar-refractivity contribution in [3.8, 4) is 0 Å². The van der Waals surface area contributed by atoms with E-state index >= 15 is 0 Å². The Morgan fingerprint density at radius 2 is 1.75 bits per heavy atom. The first-order valence-corrected chi connectivity index (χ1v) is 8.18. The third-order valence-corrected chi connectivity index (χ3v) is 5.49. The number of hydrogen-bond donors (Lipinski definition) is 1. The van der Waals surface area contributed by atoms with Crippen LogP contribution in [-0.4, -0.2) is 35.0 Å². The zero-order valence-corrected chi connectivity index (χ0v) is 12.1. The van der Waals surface area contributed by atoms with Crippen LogP contribution < -0.4 is 0 Å². The minimum Gasteiger partial charge on any atom is -0.481 e. The van der Waals surface area contributed by atoms with Gasteiger partial charge in [0, 0.05) is 19.0 Å². The van der Waals surface area contributed by atoms with Crippen LogP contribution in [0.4, 0.5) is 0 Å². The van der Waals surface area contributed by atoms with Gasteiger partial charge in [-0.3, -0.25) is 9.59 Å². The SMILES string of the molecule is O=C(O)[C@H]1CCCN(C(=O)C2CC2C2CCCCC2)C1. The summed E-state index contributed by atoms with van der Waals surface area (Å²) >= 11 is 0. The Morgan fingerprint density at radius 1 is 1.00 bits per heavy atom. The molecule has 3 aliphatic rings. The highest BCUT2D eigenvalue weighted by Crippen LogP contribution is 2.50. The van der Waals surface area contributed by atoms with E-state index in [1.54, 1.807) is 0 Å². The molecule has 2 saturated carbocycles. The van der Waals surface area contributed by atoms with Gasteiger partial charge < -0.3 is 10.0 Å². The molecule has 2 aliphatic carbocycles. The van der Waals surface area contributed by atoms with Crippen molar-refractivity contribution in [2.24, 2.45) is 23.7 Å². The number of hydrogen-bond acceptors (Lipinski definition) is 2. The normalized spacial score (nSPS) is 34.8. The first-order chi connectivity index (χ1) is 9.66. The van der Waals surface area contributed by atoms with Crippen molar-refractivity contribution in [3.05, 3.63) is 0 Å². The van der Waals surface area contributed by atoms with Gasteiger partial charge in [-0.25, -0.2) is 0 Å². The molecule has 112 valence electrons. The first kappa shape index (κ1) is 13.9. The average Bonchev–Trinajstić information content (AvgIpc) is 3.28. The second kappa shape index (κ2) is 5.74. The maximum Gasteiger partial charge on any atom is 0.308 e. The van der Waals surface area contributed by atoms with E-state index in [9.17, 15) is 9.59 Å². The highest BCUT2D eigenvalue weighted by atomic mass is 16.4. The van der Waals surface area contributed by atoms with Gasteiger partial charge in [-0.05, 0) is 31.1 Å². The minimum atomic E-state index is -0.748. The summed E-state index contributed by atoms with van der Waals surface area (Å²) in [7, 11) is 0. The molecule has 0 spiro atoms. The highest BCUT2D eigenvalue weighted by molar-refractivity contribution is 5.82. The van der Waals surface area contributed by atoms with Crippen LogP contribution >= 0.6 is 0 Å². The first-order valence-electron chi connectivity index (χ1n) is 8.18. The van der Waals surface area contributed by atoms with Crippen LogP contribution in [0.2, 0.25) is 0 Å². The molecule has 2 unspecified atom stereocenters. The van der Waals surface area contributed by atoms with E-state index in [2.05, 4.69) is 0 Å². The van der Waals surface area contributed by atoms with Crippen molar-refractivity contribution in [1.29, 1.82) is 0 Å². The molecule has 0 aromatic carbocycles. The molecule has 3 atom stereocenters. The zero-order chi connectivity index (χ0) is 14.1. The van der Waals surface area contributed by atoms with E-state index < -0.39 is 5.97 Å². The van der Waals surface area contributed by atoms with Gasteiger partial charge in [0.1, 0.15) is 0 Å². The molecule has 4 nitrogen and oxygen atoms in total. The quantitative estimate of drug-likeness (QED) is 0.863. The van der Waals surface area contributed by atoms with Crippen LogP contribution in [0.3, 0.4) is 0 Å². The maximum atomic E-state index is 12.5. The van der Waals surface area contributed by atoms with Gasteiger partial charge in [-0.2, -0.15) is 0 Å². The summed E-state index contributed by atoms with van der Waals surface area (Å²) in [6.07, 6.45) is 9.21. The predicted molar refractivity (Wildman–Crippen MR) is 75.1 cm³/mol. The monoisotopic (exact) mass is 279 g/mol. The molecule has 1 heterocycles. The second-order valence-electron chi connectivity index (χ2n) is 6.87. The lowest BCUT2D eigenvalue weighted by Gasteiger charge is -2.31. The van der Waals surface area contributed by atoms with Crippen LogP contribution in [-0.2, 0) is 9.59 Å². The molecule has 3 fully saturated rings. The molecule has 1 saturated heterocycles. The fourth-order valence-corrected chi connectivity index (χ4v) is 4.20. The largest absolute Gasteiger partial charge is 0.481 e. The number of carboxylic acids is 1. The van der Waals surface area contributed by atoms with E-state index in [1.165, 1.54) is 32.1 Å². The number of amides is 1. The molecular formula is C16H25NO3. The highest BCUT2D eigenvalue weighted by Gasteiger charge is 2.49. The number of piperidine rings is 1. The molecular weight excluding hydrogens is 254 g/mol. The van der Waals surface area contributed by atoms with Gasteiger partial charge in [0.05, 0.1) is 5.92 Å². The summed E-state index contributed by atoms with van der Waals surface area (Å²) in [5.74, 6) is 0.727. The van der Waals surface area contributed by atoms with Crippen molar-refractivity contribution in [2.45, 2.75) is 51.4 Å². The lowest BCUT2D eigenvalue weighted by molar-refractivity contribution is -0.146.